The molecule has 4 rings (SSSR count). The highest BCUT2D eigenvalue weighted by atomic mass is 35.5. The predicted octanol–water partition coefficient (Wildman–Crippen LogP) is 6.60. The number of benzene rings is 3. The number of carbonyl (C=O) groups excluding carboxylic acids is 2. The Hall–Kier alpha value is -2.87. The number of anilines is 1. The molecule has 0 saturated heterocycles. The number of thioether (sulfide) groups is 1. The molecule has 0 radical (unpaired) electrons. The maximum absolute atomic E-state index is 13.2. The second-order valence-electron chi connectivity index (χ2n) is 6.79. The number of thiazole rings is 1. The molecule has 162 valence electrons. The van der Waals surface area contributed by atoms with Crippen molar-refractivity contribution in [2.24, 2.45) is 0 Å². The van der Waals surface area contributed by atoms with Crippen LogP contribution in [0.5, 0.6) is 0 Å². The van der Waals surface area contributed by atoms with E-state index in [1.54, 1.807) is 31.2 Å². The molecule has 4 aromatic rings. The van der Waals surface area contributed by atoms with Crippen molar-refractivity contribution in [3.8, 4) is 0 Å². The molecule has 5 nitrogen and oxygen atoms in total. The Morgan fingerprint density at radius 2 is 1.84 bits per heavy atom. The molecule has 0 saturated carbocycles. The van der Waals surface area contributed by atoms with Crippen LogP contribution in [0.25, 0.3) is 10.2 Å². The second-order valence-corrected chi connectivity index (χ2v) is 9.61. The van der Waals surface area contributed by atoms with Crippen LogP contribution < -0.4 is 5.32 Å². The van der Waals surface area contributed by atoms with Gasteiger partial charge in [-0.3, -0.25) is 4.79 Å². The van der Waals surface area contributed by atoms with E-state index < -0.39 is 5.25 Å². The zero-order valence-corrected chi connectivity index (χ0v) is 19.5. The molecule has 0 bridgehead atoms. The highest BCUT2D eigenvalue weighted by molar-refractivity contribution is 8.02. The van der Waals surface area contributed by atoms with Crippen molar-refractivity contribution >= 4 is 62.5 Å². The number of aromatic nitrogens is 1. The SMILES string of the molecule is CCOC(=O)c1ccc(NC(=O)C(Sc2nc3cc(Cl)ccc3s2)c2ccccc2)cc1. The molecule has 1 N–H and O–H groups in total. The first kappa shape index (κ1) is 22.3. The van der Waals surface area contributed by atoms with E-state index in [1.807, 2.05) is 48.5 Å². The molecule has 0 aliphatic carbocycles. The number of esters is 1. The molecular weight excluding hydrogens is 464 g/mol. The van der Waals surface area contributed by atoms with E-state index in [4.69, 9.17) is 16.3 Å². The Bertz CT molecular complexity index is 1240. The number of halogens is 1. The standard InChI is InChI=1S/C24H19ClN2O3S2/c1-2-30-23(29)16-8-11-18(12-9-16)26-22(28)21(15-6-4-3-5-7-15)32-24-27-19-14-17(25)10-13-20(19)31-24/h3-14,21H,2H2,1H3,(H,26,28). The number of amides is 1. The number of hydrogen-bond donors (Lipinski definition) is 1. The first-order valence-corrected chi connectivity index (χ1v) is 12.0. The van der Waals surface area contributed by atoms with Crippen molar-refractivity contribution in [3.05, 3.63) is 88.9 Å². The fraction of sp³-hybridized carbons (Fsp3) is 0.125. The van der Waals surface area contributed by atoms with Gasteiger partial charge in [0.15, 0.2) is 4.34 Å². The van der Waals surface area contributed by atoms with Crippen LogP contribution in [0.4, 0.5) is 5.69 Å². The van der Waals surface area contributed by atoms with Gasteiger partial charge in [0.1, 0.15) is 5.25 Å². The summed E-state index contributed by atoms with van der Waals surface area (Å²) in [7, 11) is 0. The minimum atomic E-state index is -0.503. The van der Waals surface area contributed by atoms with Gasteiger partial charge in [-0.05, 0) is 55.0 Å². The molecule has 1 heterocycles. The number of ether oxygens (including phenoxy) is 1. The lowest BCUT2D eigenvalue weighted by molar-refractivity contribution is -0.115. The Kier molecular flexibility index (Phi) is 7.09. The third-order valence-corrected chi connectivity index (χ3v) is 7.17. The highest BCUT2D eigenvalue weighted by Gasteiger charge is 2.24. The van der Waals surface area contributed by atoms with Gasteiger partial charge >= 0.3 is 5.97 Å². The highest BCUT2D eigenvalue weighted by Crippen LogP contribution is 2.40. The van der Waals surface area contributed by atoms with Gasteiger partial charge in [0.25, 0.3) is 0 Å². The van der Waals surface area contributed by atoms with Gasteiger partial charge in [-0.15, -0.1) is 11.3 Å². The van der Waals surface area contributed by atoms with Crippen LogP contribution in [0, 0.1) is 0 Å². The maximum atomic E-state index is 13.2. The normalized spacial score (nSPS) is 11.8. The minimum Gasteiger partial charge on any atom is -0.462 e. The second kappa shape index (κ2) is 10.2. The minimum absolute atomic E-state index is 0.178. The zero-order valence-electron chi connectivity index (χ0n) is 17.1. The molecule has 1 unspecified atom stereocenters. The molecule has 0 aliphatic rings. The molecule has 8 heteroatoms. The van der Waals surface area contributed by atoms with Crippen molar-refractivity contribution in [1.82, 2.24) is 4.98 Å². The molecule has 0 fully saturated rings. The molecule has 0 spiro atoms. The van der Waals surface area contributed by atoms with E-state index in [1.165, 1.54) is 23.1 Å². The van der Waals surface area contributed by atoms with Crippen LogP contribution >= 0.6 is 34.7 Å². The summed E-state index contributed by atoms with van der Waals surface area (Å²) in [6.07, 6.45) is 0. The van der Waals surface area contributed by atoms with Crippen LogP contribution in [-0.2, 0) is 9.53 Å². The Balaban J connectivity index is 1.56. The third kappa shape index (κ3) is 5.30. The van der Waals surface area contributed by atoms with E-state index >= 15 is 0 Å². The zero-order chi connectivity index (χ0) is 22.5. The van der Waals surface area contributed by atoms with E-state index in [2.05, 4.69) is 10.3 Å². The van der Waals surface area contributed by atoms with Crippen molar-refractivity contribution in [3.63, 3.8) is 0 Å². The quantitative estimate of drug-likeness (QED) is 0.237. The molecule has 1 amide bonds. The fourth-order valence-corrected chi connectivity index (χ4v) is 5.45. The average Bonchev–Trinajstić information content (AvgIpc) is 3.20. The lowest BCUT2D eigenvalue weighted by Gasteiger charge is -2.16. The number of fused-ring (bicyclic) bond motifs is 1. The molecule has 1 aromatic heterocycles. The summed E-state index contributed by atoms with van der Waals surface area (Å²) in [6, 6.07) is 21.8. The molecule has 1 atom stereocenters. The van der Waals surface area contributed by atoms with E-state index in [0.29, 0.717) is 22.9 Å². The average molecular weight is 483 g/mol. The summed E-state index contributed by atoms with van der Waals surface area (Å²) in [4.78, 5) is 29.7. The summed E-state index contributed by atoms with van der Waals surface area (Å²) in [5, 5.41) is 3.07. The number of rotatable bonds is 7. The van der Waals surface area contributed by atoms with Crippen molar-refractivity contribution < 1.29 is 14.3 Å². The summed E-state index contributed by atoms with van der Waals surface area (Å²) in [6.45, 7) is 2.07. The van der Waals surface area contributed by atoms with Crippen LogP contribution in [0.15, 0.2) is 77.1 Å². The van der Waals surface area contributed by atoms with Crippen LogP contribution in [0.1, 0.15) is 28.1 Å². The van der Waals surface area contributed by atoms with E-state index in [9.17, 15) is 9.59 Å². The Morgan fingerprint density at radius 1 is 1.09 bits per heavy atom. The van der Waals surface area contributed by atoms with Gasteiger partial charge in [0.2, 0.25) is 5.91 Å². The Morgan fingerprint density at radius 3 is 2.56 bits per heavy atom. The maximum Gasteiger partial charge on any atom is 0.338 e. The first-order chi connectivity index (χ1) is 15.5. The van der Waals surface area contributed by atoms with Crippen molar-refractivity contribution in [1.29, 1.82) is 0 Å². The summed E-state index contributed by atoms with van der Waals surface area (Å²) >= 11 is 9.00. The third-order valence-electron chi connectivity index (χ3n) is 4.55. The largest absolute Gasteiger partial charge is 0.462 e. The molecule has 3 aromatic carbocycles. The predicted molar refractivity (Wildman–Crippen MR) is 131 cm³/mol. The number of hydrogen-bond acceptors (Lipinski definition) is 6. The number of nitrogens with zero attached hydrogens (tertiary/aromatic N) is 1. The lowest BCUT2D eigenvalue weighted by atomic mass is 10.1. The van der Waals surface area contributed by atoms with Gasteiger partial charge in [0.05, 0.1) is 22.4 Å². The van der Waals surface area contributed by atoms with Gasteiger partial charge in [0, 0.05) is 10.7 Å². The number of carbonyl (C=O) groups is 2. The van der Waals surface area contributed by atoms with Crippen LogP contribution in [0.2, 0.25) is 5.02 Å². The van der Waals surface area contributed by atoms with Crippen molar-refractivity contribution in [2.75, 3.05) is 11.9 Å². The van der Waals surface area contributed by atoms with Gasteiger partial charge in [-0.2, -0.15) is 0 Å². The van der Waals surface area contributed by atoms with Gasteiger partial charge in [-0.25, -0.2) is 9.78 Å². The Labute approximate surface area is 198 Å². The smallest absolute Gasteiger partial charge is 0.338 e. The van der Waals surface area contributed by atoms with Crippen LogP contribution in [0.3, 0.4) is 0 Å². The topological polar surface area (TPSA) is 68.3 Å². The lowest BCUT2D eigenvalue weighted by Crippen LogP contribution is -2.19. The molecule has 0 aliphatic heterocycles. The van der Waals surface area contributed by atoms with Gasteiger partial charge in [-0.1, -0.05) is 53.7 Å². The summed E-state index contributed by atoms with van der Waals surface area (Å²) in [5.74, 6) is -0.568. The van der Waals surface area contributed by atoms with E-state index in [0.717, 1.165) is 20.1 Å². The first-order valence-electron chi connectivity index (χ1n) is 9.89. The van der Waals surface area contributed by atoms with Crippen molar-refractivity contribution in [2.45, 2.75) is 16.5 Å². The molecular formula is C24H19ClN2O3S2. The summed E-state index contributed by atoms with van der Waals surface area (Å²) in [5.41, 5.74) is 2.72. The fourth-order valence-electron chi connectivity index (χ4n) is 3.04. The number of nitrogens with one attached hydrogen (secondary N) is 1. The molecule has 32 heavy (non-hydrogen) atoms. The van der Waals surface area contributed by atoms with Crippen LogP contribution in [-0.4, -0.2) is 23.5 Å². The van der Waals surface area contributed by atoms with E-state index in [-0.39, 0.29) is 11.9 Å². The summed E-state index contributed by atoms with van der Waals surface area (Å²) < 4.78 is 6.79. The van der Waals surface area contributed by atoms with Gasteiger partial charge < -0.3 is 10.1 Å². The monoisotopic (exact) mass is 482 g/mol.